The van der Waals surface area contributed by atoms with Crippen molar-refractivity contribution in [1.82, 2.24) is 5.32 Å². The van der Waals surface area contributed by atoms with Gasteiger partial charge in [-0.25, -0.2) is 0 Å². The molecule has 0 fully saturated rings. The highest BCUT2D eigenvalue weighted by atomic mass is 35.5. The summed E-state index contributed by atoms with van der Waals surface area (Å²) in [6.45, 7) is 2.25. The lowest BCUT2D eigenvalue weighted by atomic mass is 10.0. The fraction of sp³-hybridized carbons (Fsp3) is 0.750. The maximum Gasteiger partial charge on any atom is 0.342 e. The summed E-state index contributed by atoms with van der Waals surface area (Å²) in [6, 6.07) is -1.79. The summed E-state index contributed by atoms with van der Waals surface area (Å²) in [5.74, 6) is -2.79. The largest absolute Gasteiger partial charge is 0.469 e. The van der Waals surface area contributed by atoms with Gasteiger partial charge in [0.15, 0.2) is 0 Å². The van der Waals surface area contributed by atoms with Crippen molar-refractivity contribution in [1.29, 1.82) is 0 Å². The van der Waals surface area contributed by atoms with Crippen LogP contribution in [0.2, 0.25) is 0 Å². The quantitative estimate of drug-likeness (QED) is 0.595. The lowest BCUT2D eigenvalue weighted by Gasteiger charge is -2.26. The summed E-state index contributed by atoms with van der Waals surface area (Å²) in [4.78, 5) is 21.7. The Hall–Kier alpha value is -0.910. The highest BCUT2D eigenvalue weighted by Gasteiger charge is 2.44. The molecule has 15 heavy (non-hydrogen) atoms. The predicted molar refractivity (Wildman–Crippen MR) is 49.6 cm³/mol. The van der Waals surface area contributed by atoms with Gasteiger partial charge in [0.2, 0.25) is 5.91 Å². The number of ether oxygens (including phenoxy) is 1. The molecule has 0 heterocycles. The number of alkyl halides is 3. The minimum Gasteiger partial charge on any atom is -0.469 e. The van der Waals surface area contributed by atoms with E-state index in [9.17, 15) is 18.4 Å². The van der Waals surface area contributed by atoms with Crippen LogP contribution in [0.5, 0.6) is 0 Å². The van der Waals surface area contributed by atoms with Crippen molar-refractivity contribution in [2.75, 3.05) is 7.11 Å². The van der Waals surface area contributed by atoms with E-state index in [1.807, 2.05) is 5.32 Å². The van der Waals surface area contributed by atoms with E-state index in [-0.39, 0.29) is 0 Å². The molecular formula is C8H12ClF2NO3. The van der Waals surface area contributed by atoms with E-state index in [1.165, 1.54) is 6.92 Å². The molecule has 0 saturated carbocycles. The molecule has 7 heteroatoms. The number of esters is 1. The van der Waals surface area contributed by atoms with Crippen LogP contribution in [-0.4, -0.2) is 30.4 Å². The van der Waals surface area contributed by atoms with Gasteiger partial charge in [0.1, 0.15) is 6.04 Å². The zero-order valence-electron chi connectivity index (χ0n) is 8.51. The zero-order valence-corrected chi connectivity index (χ0v) is 9.27. The molecule has 0 saturated heterocycles. The first-order valence-electron chi connectivity index (χ1n) is 4.11. The van der Waals surface area contributed by atoms with E-state index in [0.717, 1.165) is 14.0 Å². The number of halogens is 3. The first-order chi connectivity index (χ1) is 6.70. The van der Waals surface area contributed by atoms with Crippen molar-refractivity contribution in [3.8, 4) is 0 Å². The molecule has 0 rings (SSSR count). The van der Waals surface area contributed by atoms with Gasteiger partial charge in [0.05, 0.1) is 13.0 Å². The summed E-state index contributed by atoms with van der Waals surface area (Å²) in [6.07, 6.45) is 0. The maximum absolute atomic E-state index is 12.8. The number of rotatable bonds is 4. The second kappa shape index (κ2) is 5.25. The van der Waals surface area contributed by atoms with Crippen LogP contribution in [0.25, 0.3) is 0 Å². The summed E-state index contributed by atoms with van der Waals surface area (Å²) in [5, 5.41) is -1.80. The van der Waals surface area contributed by atoms with E-state index >= 15 is 0 Å². The monoisotopic (exact) mass is 243 g/mol. The molecule has 0 aliphatic heterocycles. The van der Waals surface area contributed by atoms with Gasteiger partial charge in [-0.05, 0) is 18.5 Å². The number of carbonyl (C=O) groups is 2. The Morgan fingerprint density at radius 3 is 2.20 bits per heavy atom. The topological polar surface area (TPSA) is 55.4 Å². The van der Waals surface area contributed by atoms with E-state index in [1.54, 1.807) is 0 Å². The number of methoxy groups -OCH3 is 1. The molecule has 0 radical (unpaired) electrons. The minimum atomic E-state index is -3.71. The SMILES string of the molecule is COC(=O)[C@H](C)[C@H](NC(C)=O)C(F)(F)Cl. The predicted octanol–water partition coefficient (Wildman–Crippen LogP) is 1.13. The molecule has 0 aromatic carbocycles. The van der Waals surface area contributed by atoms with Gasteiger partial charge in [-0.1, -0.05) is 0 Å². The Morgan fingerprint density at radius 2 is 1.93 bits per heavy atom. The van der Waals surface area contributed by atoms with Crippen LogP contribution in [0.3, 0.4) is 0 Å². The Morgan fingerprint density at radius 1 is 1.47 bits per heavy atom. The summed E-state index contributed by atoms with van der Waals surface area (Å²) in [5.41, 5.74) is 0. The van der Waals surface area contributed by atoms with Gasteiger partial charge in [0, 0.05) is 6.92 Å². The Balaban J connectivity index is 4.78. The number of amides is 1. The smallest absolute Gasteiger partial charge is 0.342 e. The van der Waals surface area contributed by atoms with E-state index < -0.39 is 29.2 Å². The fourth-order valence-corrected chi connectivity index (χ4v) is 1.27. The van der Waals surface area contributed by atoms with Gasteiger partial charge < -0.3 is 10.1 Å². The molecule has 0 spiro atoms. The molecule has 1 N–H and O–H groups in total. The summed E-state index contributed by atoms with van der Waals surface area (Å²) >= 11 is 4.78. The van der Waals surface area contributed by atoms with Crippen molar-refractivity contribution in [3.63, 3.8) is 0 Å². The summed E-state index contributed by atoms with van der Waals surface area (Å²) < 4.78 is 30.0. The van der Waals surface area contributed by atoms with Crippen molar-refractivity contribution in [2.45, 2.75) is 25.3 Å². The Kier molecular flexibility index (Phi) is 4.93. The molecule has 0 aromatic heterocycles. The van der Waals surface area contributed by atoms with Gasteiger partial charge in [-0.3, -0.25) is 9.59 Å². The third kappa shape index (κ3) is 4.42. The van der Waals surface area contributed by atoms with Crippen LogP contribution in [0.4, 0.5) is 8.78 Å². The molecule has 0 unspecified atom stereocenters. The lowest BCUT2D eigenvalue weighted by Crippen LogP contribution is -2.50. The maximum atomic E-state index is 12.8. The molecule has 2 atom stereocenters. The van der Waals surface area contributed by atoms with Gasteiger partial charge in [-0.15, -0.1) is 0 Å². The van der Waals surface area contributed by atoms with Crippen LogP contribution >= 0.6 is 11.6 Å². The zero-order chi connectivity index (χ0) is 12.2. The number of carbonyl (C=O) groups excluding carboxylic acids is 2. The number of nitrogens with one attached hydrogen (secondary N) is 1. The van der Waals surface area contributed by atoms with Crippen LogP contribution in [0.1, 0.15) is 13.8 Å². The van der Waals surface area contributed by atoms with Gasteiger partial charge in [-0.2, -0.15) is 8.78 Å². The Labute approximate surface area is 90.9 Å². The first-order valence-corrected chi connectivity index (χ1v) is 4.49. The lowest BCUT2D eigenvalue weighted by molar-refractivity contribution is -0.148. The first kappa shape index (κ1) is 14.1. The van der Waals surface area contributed by atoms with Crippen LogP contribution < -0.4 is 5.32 Å². The molecule has 4 nitrogen and oxygen atoms in total. The van der Waals surface area contributed by atoms with Crippen LogP contribution in [0.15, 0.2) is 0 Å². The van der Waals surface area contributed by atoms with E-state index in [4.69, 9.17) is 11.6 Å². The third-order valence-electron chi connectivity index (χ3n) is 1.78. The van der Waals surface area contributed by atoms with Crippen LogP contribution in [-0.2, 0) is 14.3 Å². The molecule has 0 aromatic rings. The molecule has 0 aliphatic rings. The number of hydrogen-bond acceptors (Lipinski definition) is 3. The van der Waals surface area contributed by atoms with Crippen molar-refractivity contribution in [3.05, 3.63) is 0 Å². The van der Waals surface area contributed by atoms with Crippen molar-refractivity contribution >= 4 is 23.5 Å². The van der Waals surface area contributed by atoms with Gasteiger partial charge in [0.25, 0.3) is 0 Å². The molecule has 88 valence electrons. The molecular weight excluding hydrogens is 232 g/mol. The Bertz CT molecular complexity index is 255. The highest BCUT2D eigenvalue weighted by molar-refractivity contribution is 6.22. The van der Waals surface area contributed by atoms with Gasteiger partial charge >= 0.3 is 11.4 Å². The van der Waals surface area contributed by atoms with E-state index in [0.29, 0.717) is 0 Å². The normalized spacial score (nSPS) is 15.3. The number of hydrogen-bond donors (Lipinski definition) is 1. The second-order valence-electron chi connectivity index (χ2n) is 3.03. The minimum absolute atomic E-state index is 0.698. The summed E-state index contributed by atoms with van der Waals surface area (Å²) in [7, 11) is 1.07. The second-order valence-corrected chi connectivity index (χ2v) is 3.54. The third-order valence-corrected chi connectivity index (χ3v) is 2.02. The standard InChI is InChI=1S/C8H12ClF2NO3/c1-4(7(14)15-3)6(8(9,10)11)12-5(2)13/h4,6H,1-3H3,(H,12,13)/t4-,6+/m1/s1. The fourth-order valence-electron chi connectivity index (χ4n) is 1.03. The molecule has 1 amide bonds. The molecule has 0 bridgehead atoms. The van der Waals surface area contributed by atoms with Crippen molar-refractivity contribution in [2.24, 2.45) is 5.92 Å². The van der Waals surface area contributed by atoms with Crippen LogP contribution in [0, 0.1) is 5.92 Å². The average molecular weight is 244 g/mol. The van der Waals surface area contributed by atoms with Crippen molar-refractivity contribution < 1.29 is 23.1 Å². The molecule has 0 aliphatic carbocycles. The van der Waals surface area contributed by atoms with E-state index in [2.05, 4.69) is 4.74 Å². The highest BCUT2D eigenvalue weighted by Crippen LogP contribution is 2.28. The average Bonchev–Trinajstić information content (AvgIpc) is 2.09.